The van der Waals surface area contributed by atoms with Crippen LogP contribution in [0.5, 0.6) is 0 Å². The quantitative estimate of drug-likeness (QED) is 0.802. The number of nitrogens with zero attached hydrogens (tertiary/aromatic N) is 1. The first-order chi connectivity index (χ1) is 8.36. The Morgan fingerprint density at radius 1 is 1.50 bits per heavy atom. The van der Waals surface area contributed by atoms with Crippen LogP contribution in [0.3, 0.4) is 0 Å². The van der Waals surface area contributed by atoms with Crippen LogP contribution in [0.4, 0.5) is 0 Å². The predicted molar refractivity (Wildman–Crippen MR) is 65.6 cm³/mol. The van der Waals surface area contributed by atoms with Crippen LogP contribution < -0.4 is 4.72 Å². The van der Waals surface area contributed by atoms with Gasteiger partial charge in [-0.15, -0.1) is 0 Å². The zero-order valence-electron chi connectivity index (χ0n) is 10.3. The molecule has 7 heteroatoms. The molecule has 1 aromatic heterocycles. The molecule has 1 aromatic rings. The number of carboxylic acids is 1. The standard InChI is InChI=1S/C11H16N2O4S/c1-3-4-10(11(14)15)13-18(16,17)9-6-5-8(2)12-7-9/h5-7,10,13H,3-4H2,1-2H3,(H,14,15). The van der Waals surface area contributed by atoms with Crippen molar-refractivity contribution in [2.45, 2.75) is 37.6 Å². The number of aliphatic carboxylic acids is 1. The molecule has 0 aliphatic carbocycles. The number of nitrogens with one attached hydrogen (secondary N) is 1. The molecule has 1 rings (SSSR count). The molecule has 0 spiro atoms. The van der Waals surface area contributed by atoms with Gasteiger partial charge < -0.3 is 5.11 Å². The molecule has 6 nitrogen and oxygen atoms in total. The van der Waals surface area contributed by atoms with Crippen molar-refractivity contribution < 1.29 is 18.3 Å². The second kappa shape index (κ2) is 5.92. The van der Waals surface area contributed by atoms with Crippen LogP contribution in [-0.2, 0) is 14.8 Å². The number of rotatable bonds is 6. The van der Waals surface area contributed by atoms with Gasteiger partial charge in [0.2, 0.25) is 10.0 Å². The summed E-state index contributed by atoms with van der Waals surface area (Å²) in [5.41, 5.74) is 0.692. The van der Waals surface area contributed by atoms with Gasteiger partial charge in [0.15, 0.2) is 0 Å². The molecule has 0 aliphatic rings. The summed E-state index contributed by atoms with van der Waals surface area (Å²) >= 11 is 0. The predicted octanol–water partition coefficient (Wildman–Crippen LogP) is 0.922. The summed E-state index contributed by atoms with van der Waals surface area (Å²) in [4.78, 5) is 14.8. The molecule has 0 radical (unpaired) electrons. The van der Waals surface area contributed by atoms with Crippen LogP contribution in [0.25, 0.3) is 0 Å². The van der Waals surface area contributed by atoms with Gasteiger partial charge in [0.05, 0.1) is 0 Å². The number of aromatic nitrogens is 1. The largest absolute Gasteiger partial charge is 0.480 e. The van der Waals surface area contributed by atoms with Crippen LogP contribution in [0.15, 0.2) is 23.2 Å². The van der Waals surface area contributed by atoms with Gasteiger partial charge in [0.25, 0.3) is 0 Å². The van der Waals surface area contributed by atoms with E-state index in [0.717, 1.165) is 0 Å². The number of sulfonamides is 1. The van der Waals surface area contributed by atoms with Crippen molar-refractivity contribution in [3.63, 3.8) is 0 Å². The second-order valence-electron chi connectivity index (χ2n) is 3.94. The summed E-state index contributed by atoms with van der Waals surface area (Å²) in [5.74, 6) is -1.18. The minimum Gasteiger partial charge on any atom is -0.480 e. The van der Waals surface area contributed by atoms with Crippen molar-refractivity contribution in [2.75, 3.05) is 0 Å². The normalized spacial score (nSPS) is 13.2. The molecule has 0 aliphatic heterocycles. The molecule has 0 amide bonds. The van der Waals surface area contributed by atoms with Crippen molar-refractivity contribution in [1.82, 2.24) is 9.71 Å². The molecule has 0 aromatic carbocycles. The second-order valence-corrected chi connectivity index (χ2v) is 5.65. The van der Waals surface area contributed by atoms with Crippen molar-refractivity contribution >= 4 is 16.0 Å². The third kappa shape index (κ3) is 3.78. The van der Waals surface area contributed by atoms with Gasteiger partial charge in [0.1, 0.15) is 10.9 Å². The molecule has 0 saturated carbocycles. The molecular formula is C11H16N2O4S. The van der Waals surface area contributed by atoms with E-state index in [-0.39, 0.29) is 11.3 Å². The fourth-order valence-electron chi connectivity index (χ4n) is 1.39. The smallest absolute Gasteiger partial charge is 0.321 e. The Labute approximate surface area is 106 Å². The van der Waals surface area contributed by atoms with Crippen molar-refractivity contribution in [1.29, 1.82) is 0 Å². The summed E-state index contributed by atoms with van der Waals surface area (Å²) < 4.78 is 26.0. The van der Waals surface area contributed by atoms with E-state index in [1.54, 1.807) is 19.9 Å². The maximum Gasteiger partial charge on any atom is 0.321 e. The molecular weight excluding hydrogens is 256 g/mol. The lowest BCUT2D eigenvalue weighted by molar-refractivity contribution is -0.139. The Morgan fingerprint density at radius 3 is 2.61 bits per heavy atom. The number of hydrogen-bond donors (Lipinski definition) is 2. The van der Waals surface area contributed by atoms with E-state index in [4.69, 9.17) is 5.11 Å². The minimum atomic E-state index is -3.84. The maximum atomic E-state index is 11.9. The van der Waals surface area contributed by atoms with E-state index < -0.39 is 22.0 Å². The Morgan fingerprint density at radius 2 is 2.17 bits per heavy atom. The average Bonchev–Trinajstić information content (AvgIpc) is 2.28. The lowest BCUT2D eigenvalue weighted by Crippen LogP contribution is -2.40. The number of hydrogen-bond acceptors (Lipinski definition) is 4. The van der Waals surface area contributed by atoms with Crippen molar-refractivity contribution in [3.8, 4) is 0 Å². The zero-order valence-corrected chi connectivity index (χ0v) is 11.1. The van der Waals surface area contributed by atoms with Gasteiger partial charge in [0, 0.05) is 11.9 Å². The summed E-state index contributed by atoms with van der Waals surface area (Å²) in [6.45, 7) is 3.53. The van der Waals surface area contributed by atoms with Crippen LogP contribution in [0.2, 0.25) is 0 Å². The van der Waals surface area contributed by atoms with Crippen LogP contribution in [0, 0.1) is 6.92 Å². The molecule has 0 fully saturated rings. The van der Waals surface area contributed by atoms with Crippen LogP contribution >= 0.6 is 0 Å². The van der Waals surface area contributed by atoms with Crippen LogP contribution in [-0.4, -0.2) is 30.5 Å². The first kappa shape index (κ1) is 14.6. The fourth-order valence-corrected chi connectivity index (χ4v) is 2.56. The van der Waals surface area contributed by atoms with Gasteiger partial charge in [-0.05, 0) is 25.5 Å². The van der Waals surface area contributed by atoms with E-state index in [1.165, 1.54) is 12.3 Å². The zero-order chi connectivity index (χ0) is 13.8. The molecule has 100 valence electrons. The molecule has 0 saturated heterocycles. The molecule has 18 heavy (non-hydrogen) atoms. The summed E-state index contributed by atoms with van der Waals surface area (Å²) in [7, 11) is -3.84. The molecule has 1 heterocycles. The van der Waals surface area contributed by atoms with Crippen LogP contribution in [0.1, 0.15) is 25.5 Å². The van der Waals surface area contributed by atoms with E-state index >= 15 is 0 Å². The van der Waals surface area contributed by atoms with E-state index in [1.807, 2.05) is 0 Å². The third-order valence-corrected chi connectivity index (χ3v) is 3.82. The highest BCUT2D eigenvalue weighted by atomic mass is 32.2. The van der Waals surface area contributed by atoms with E-state index in [9.17, 15) is 13.2 Å². The van der Waals surface area contributed by atoms with E-state index in [0.29, 0.717) is 12.1 Å². The summed E-state index contributed by atoms with van der Waals surface area (Å²) in [5, 5.41) is 8.92. The number of carbonyl (C=O) groups is 1. The number of aryl methyl sites for hydroxylation is 1. The fraction of sp³-hybridized carbons (Fsp3) is 0.455. The molecule has 1 atom stereocenters. The number of pyridine rings is 1. The molecule has 2 N–H and O–H groups in total. The molecule has 0 bridgehead atoms. The summed E-state index contributed by atoms with van der Waals surface area (Å²) in [6, 6.07) is 1.85. The average molecular weight is 272 g/mol. The van der Waals surface area contributed by atoms with E-state index in [2.05, 4.69) is 9.71 Å². The highest BCUT2D eigenvalue weighted by Gasteiger charge is 2.24. The first-order valence-electron chi connectivity index (χ1n) is 5.54. The van der Waals surface area contributed by atoms with Gasteiger partial charge in [-0.1, -0.05) is 13.3 Å². The Bertz CT molecular complexity index is 510. The number of carboxylic acid groups (broad SMARTS) is 1. The topological polar surface area (TPSA) is 96.4 Å². The minimum absolute atomic E-state index is 0.0320. The van der Waals surface area contributed by atoms with Gasteiger partial charge in [-0.3, -0.25) is 9.78 Å². The monoisotopic (exact) mass is 272 g/mol. The Hall–Kier alpha value is -1.47. The SMILES string of the molecule is CCCC(NS(=O)(=O)c1ccc(C)nc1)C(=O)O. The van der Waals surface area contributed by atoms with Gasteiger partial charge in [-0.25, -0.2) is 8.42 Å². The highest BCUT2D eigenvalue weighted by Crippen LogP contribution is 2.09. The summed E-state index contributed by atoms with van der Waals surface area (Å²) in [6.07, 6.45) is 2.03. The Kier molecular flexibility index (Phi) is 4.80. The highest BCUT2D eigenvalue weighted by molar-refractivity contribution is 7.89. The van der Waals surface area contributed by atoms with Gasteiger partial charge in [-0.2, -0.15) is 4.72 Å². The lowest BCUT2D eigenvalue weighted by Gasteiger charge is -2.13. The lowest BCUT2D eigenvalue weighted by atomic mass is 10.2. The van der Waals surface area contributed by atoms with Crippen molar-refractivity contribution in [3.05, 3.63) is 24.0 Å². The molecule has 1 unspecified atom stereocenters. The first-order valence-corrected chi connectivity index (χ1v) is 7.03. The Balaban J connectivity index is 2.93. The van der Waals surface area contributed by atoms with Crippen molar-refractivity contribution in [2.24, 2.45) is 0 Å². The maximum absolute atomic E-state index is 11.9. The third-order valence-electron chi connectivity index (χ3n) is 2.37. The van der Waals surface area contributed by atoms with Gasteiger partial charge >= 0.3 is 5.97 Å².